The van der Waals surface area contributed by atoms with Crippen LogP contribution in [0.3, 0.4) is 0 Å². The Balaban J connectivity index is 1.73. The van der Waals surface area contributed by atoms with Gasteiger partial charge in [-0.05, 0) is 24.6 Å². The molecule has 1 unspecified atom stereocenters. The smallest absolute Gasteiger partial charge is 0.249 e. The number of amides is 1. The number of nitrogens with one attached hydrogen (secondary N) is 1. The van der Waals surface area contributed by atoms with Crippen LogP contribution in [-0.2, 0) is 4.79 Å². The number of carbonyl (C=O) groups excluding carboxylic acids is 1. The summed E-state index contributed by atoms with van der Waals surface area (Å²) in [4.78, 5) is 22.3. The molecule has 1 aromatic heterocycles. The molecule has 0 spiro atoms. The number of anilines is 2. The minimum absolute atomic E-state index is 0.0682. The Labute approximate surface area is 111 Å². The standard InChI is InChI=1S/C14H14N4O/c19-13-12(17-14-15-8-4-9-16-14)7-10-18(13)11-5-2-1-3-6-11/h1-6,8-9,12H,7,10H2,(H,15,16,17). The van der Waals surface area contributed by atoms with Crippen molar-refractivity contribution in [1.82, 2.24) is 9.97 Å². The van der Waals surface area contributed by atoms with Crippen LogP contribution in [0.5, 0.6) is 0 Å². The Morgan fingerprint density at radius 2 is 1.84 bits per heavy atom. The maximum atomic E-state index is 12.3. The Morgan fingerprint density at radius 1 is 1.11 bits per heavy atom. The van der Waals surface area contributed by atoms with Crippen LogP contribution in [0.2, 0.25) is 0 Å². The summed E-state index contributed by atoms with van der Waals surface area (Å²) in [5.41, 5.74) is 0.936. The zero-order chi connectivity index (χ0) is 13.1. The highest BCUT2D eigenvalue weighted by atomic mass is 16.2. The average Bonchev–Trinajstić information content (AvgIpc) is 2.82. The zero-order valence-corrected chi connectivity index (χ0v) is 10.4. The molecule has 0 radical (unpaired) electrons. The second-order valence-corrected chi connectivity index (χ2v) is 4.38. The lowest BCUT2D eigenvalue weighted by atomic mass is 10.2. The van der Waals surface area contributed by atoms with Gasteiger partial charge in [-0.2, -0.15) is 0 Å². The highest BCUT2D eigenvalue weighted by Crippen LogP contribution is 2.22. The highest BCUT2D eigenvalue weighted by molar-refractivity contribution is 6.00. The third-order valence-corrected chi connectivity index (χ3v) is 3.14. The lowest BCUT2D eigenvalue weighted by Crippen LogP contribution is -2.33. The molecule has 3 rings (SSSR count). The predicted molar refractivity (Wildman–Crippen MR) is 72.9 cm³/mol. The molecule has 1 aliphatic rings. The summed E-state index contributed by atoms with van der Waals surface area (Å²) in [5, 5.41) is 3.08. The van der Waals surface area contributed by atoms with Gasteiger partial charge in [0, 0.05) is 24.6 Å². The molecule has 1 saturated heterocycles. The maximum absolute atomic E-state index is 12.3. The second-order valence-electron chi connectivity index (χ2n) is 4.38. The second kappa shape index (κ2) is 5.06. The largest absolute Gasteiger partial charge is 0.342 e. The number of rotatable bonds is 3. The monoisotopic (exact) mass is 254 g/mol. The van der Waals surface area contributed by atoms with E-state index in [9.17, 15) is 4.79 Å². The Morgan fingerprint density at radius 3 is 2.58 bits per heavy atom. The fourth-order valence-electron chi connectivity index (χ4n) is 2.21. The van der Waals surface area contributed by atoms with E-state index in [1.54, 1.807) is 23.4 Å². The number of aromatic nitrogens is 2. The Hall–Kier alpha value is -2.43. The fraction of sp³-hybridized carbons (Fsp3) is 0.214. The number of carbonyl (C=O) groups is 1. The summed E-state index contributed by atoms with van der Waals surface area (Å²) < 4.78 is 0. The Bertz CT molecular complexity index is 558. The molecule has 1 atom stereocenters. The fourth-order valence-corrected chi connectivity index (χ4v) is 2.21. The van der Waals surface area contributed by atoms with Crippen LogP contribution in [0.4, 0.5) is 11.6 Å². The number of para-hydroxylation sites is 1. The first kappa shape index (κ1) is 11.6. The molecule has 1 fully saturated rings. The molecule has 0 saturated carbocycles. The van der Waals surface area contributed by atoms with Crippen molar-refractivity contribution in [3.63, 3.8) is 0 Å². The molecular weight excluding hydrogens is 240 g/mol. The van der Waals surface area contributed by atoms with Crippen LogP contribution < -0.4 is 10.2 Å². The lowest BCUT2D eigenvalue weighted by molar-refractivity contribution is -0.117. The van der Waals surface area contributed by atoms with Gasteiger partial charge in [0.1, 0.15) is 6.04 Å². The van der Waals surface area contributed by atoms with Gasteiger partial charge in [0.2, 0.25) is 11.9 Å². The van der Waals surface area contributed by atoms with Gasteiger partial charge in [0.05, 0.1) is 0 Å². The topological polar surface area (TPSA) is 58.1 Å². The number of hydrogen-bond acceptors (Lipinski definition) is 4. The average molecular weight is 254 g/mol. The summed E-state index contributed by atoms with van der Waals surface area (Å²) in [6.45, 7) is 0.716. The van der Waals surface area contributed by atoms with Crippen LogP contribution in [0.1, 0.15) is 6.42 Å². The third kappa shape index (κ3) is 2.40. The zero-order valence-electron chi connectivity index (χ0n) is 10.4. The number of hydrogen-bond donors (Lipinski definition) is 1. The van der Waals surface area contributed by atoms with Crippen molar-refractivity contribution < 1.29 is 4.79 Å². The van der Waals surface area contributed by atoms with E-state index in [4.69, 9.17) is 0 Å². The minimum atomic E-state index is -0.248. The van der Waals surface area contributed by atoms with Gasteiger partial charge in [0.15, 0.2) is 0 Å². The summed E-state index contributed by atoms with van der Waals surface area (Å²) in [6, 6.07) is 11.2. The van der Waals surface area contributed by atoms with Gasteiger partial charge in [-0.25, -0.2) is 9.97 Å². The Kier molecular flexibility index (Phi) is 3.10. The van der Waals surface area contributed by atoms with Gasteiger partial charge < -0.3 is 10.2 Å². The molecule has 96 valence electrons. The first-order valence-corrected chi connectivity index (χ1v) is 6.24. The molecule has 1 aromatic carbocycles. The first-order valence-electron chi connectivity index (χ1n) is 6.24. The summed E-state index contributed by atoms with van der Waals surface area (Å²) in [6.07, 6.45) is 4.07. The first-order chi connectivity index (χ1) is 9.34. The van der Waals surface area contributed by atoms with Crippen LogP contribution in [0, 0.1) is 0 Å². The van der Waals surface area contributed by atoms with E-state index in [0.717, 1.165) is 12.1 Å². The molecule has 0 aliphatic carbocycles. The summed E-state index contributed by atoms with van der Waals surface area (Å²) in [7, 11) is 0. The van der Waals surface area contributed by atoms with Crippen molar-refractivity contribution in [1.29, 1.82) is 0 Å². The highest BCUT2D eigenvalue weighted by Gasteiger charge is 2.32. The molecule has 2 aromatic rings. The van der Waals surface area contributed by atoms with E-state index in [2.05, 4.69) is 15.3 Å². The minimum Gasteiger partial charge on any atom is -0.342 e. The normalized spacial score (nSPS) is 18.6. The van der Waals surface area contributed by atoms with Crippen molar-refractivity contribution >= 4 is 17.5 Å². The van der Waals surface area contributed by atoms with E-state index < -0.39 is 0 Å². The molecular formula is C14H14N4O. The van der Waals surface area contributed by atoms with Crippen LogP contribution in [0.15, 0.2) is 48.8 Å². The van der Waals surface area contributed by atoms with Crippen molar-refractivity contribution in [3.8, 4) is 0 Å². The SMILES string of the molecule is O=C1C(Nc2ncccn2)CCN1c1ccccc1. The van der Waals surface area contributed by atoms with Gasteiger partial charge >= 0.3 is 0 Å². The quantitative estimate of drug-likeness (QED) is 0.905. The van der Waals surface area contributed by atoms with E-state index >= 15 is 0 Å². The van der Waals surface area contributed by atoms with Gasteiger partial charge in [-0.1, -0.05) is 18.2 Å². The van der Waals surface area contributed by atoms with Crippen LogP contribution >= 0.6 is 0 Å². The molecule has 2 heterocycles. The van der Waals surface area contributed by atoms with Crippen LogP contribution in [0.25, 0.3) is 0 Å². The lowest BCUT2D eigenvalue weighted by Gasteiger charge is -2.17. The van der Waals surface area contributed by atoms with E-state index in [-0.39, 0.29) is 11.9 Å². The molecule has 0 bridgehead atoms. The maximum Gasteiger partial charge on any atom is 0.249 e. The third-order valence-electron chi connectivity index (χ3n) is 3.14. The van der Waals surface area contributed by atoms with E-state index in [1.807, 2.05) is 30.3 Å². The molecule has 5 nitrogen and oxygen atoms in total. The van der Waals surface area contributed by atoms with E-state index in [0.29, 0.717) is 12.5 Å². The van der Waals surface area contributed by atoms with Crippen molar-refractivity contribution in [2.45, 2.75) is 12.5 Å². The number of nitrogens with zero attached hydrogens (tertiary/aromatic N) is 3. The van der Waals surface area contributed by atoms with Crippen LogP contribution in [-0.4, -0.2) is 28.5 Å². The molecule has 1 aliphatic heterocycles. The predicted octanol–water partition coefficient (Wildman–Crippen LogP) is 1.69. The van der Waals surface area contributed by atoms with E-state index in [1.165, 1.54) is 0 Å². The van der Waals surface area contributed by atoms with Crippen molar-refractivity contribution in [2.75, 3.05) is 16.8 Å². The summed E-state index contributed by atoms with van der Waals surface area (Å²) in [5.74, 6) is 0.564. The van der Waals surface area contributed by atoms with Gasteiger partial charge in [0.25, 0.3) is 0 Å². The molecule has 5 heteroatoms. The summed E-state index contributed by atoms with van der Waals surface area (Å²) >= 11 is 0. The molecule has 19 heavy (non-hydrogen) atoms. The number of benzene rings is 1. The molecule has 1 N–H and O–H groups in total. The van der Waals surface area contributed by atoms with Crippen molar-refractivity contribution in [3.05, 3.63) is 48.8 Å². The molecule has 1 amide bonds. The van der Waals surface area contributed by atoms with Gasteiger partial charge in [-0.15, -0.1) is 0 Å². The van der Waals surface area contributed by atoms with Crippen molar-refractivity contribution in [2.24, 2.45) is 0 Å². The van der Waals surface area contributed by atoms with Gasteiger partial charge in [-0.3, -0.25) is 4.79 Å².